The maximum absolute atomic E-state index is 12.4. The van der Waals surface area contributed by atoms with E-state index >= 15 is 0 Å². The molecule has 0 aliphatic rings. The van der Waals surface area contributed by atoms with Gasteiger partial charge in [0.1, 0.15) is 11.3 Å². The standard InChI is InChI=1S/C22H19N3O2/c1-4-12-23-21(26)19-14-24-20(17-8-6-5-7-9-17)25-22(19)27-18-11-10-15(2)16(3)13-18/h1,5-11,13-14H,12H2,2-3H3,(H,23,26). The van der Waals surface area contributed by atoms with Crippen LogP contribution in [0, 0.1) is 26.2 Å². The van der Waals surface area contributed by atoms with Crippen LogP contribution >= 0.6 is 0 Å². The van der Waals surface area contributed by atoms with E-state index in [0.717, 1.165) is 16.7 Å². The molecule has 0 atom stereocenters. The molecule has 0 fully saturated rings. The van der Waals surface area contributed by atoms with Crippen molar-refractivity contribution < 1.29 is 9.53 Å². The lowest BCUT2D eigenvalue weighted by atomic mass is 10.1. The molecule has 2 aromatic carbocycles. The van der Waals surface area contributed by atoms with Gasteiger partial charge in [0.25, 0.3) is 5.91 Å². The lowest BCUT2D eigenvalue weighted by molar-refractivity contribution is 0.0955. The van der Waals surface area contributed by atoms with E-state index in [9.17, 15) is 4.79 Å². The van der Waals surface area contributed by atoms with Crippen LogP contribution in [0.5, 0.6) is 11.6 Å². The van der Waals surface area contributed by atoms with Gasteiger partial charge in [-0.2, -0.15) is 4.98 Å². The van der Waals surface area contributed by atoms with Gasteiger partial charge in [-0.1, -0.05) is 42.3 Å². The molecule has 5 nitrogen and oxygen atoms in total. The average molecular weight is 357 g/mol. The summed E-state index contributed by atoms with van der Waals surface area (Å²) in [6.45, 7) is 4.14. The van der Waals surface area contributed by atoms with Gasteiger partial charge in [0, 0.05) is 11.8 Å². The molecule has 1 N–H and O–H groups in total. The lowest BCUT2D eigenvalue weighted by Gasteiger charge is -2.12. The molecule has 134 valence electrons. The van der Waals surface area contributed by atoms with Gasteiger partial charge in [-0.3, -0.25) is 4.79 Å². The van der Waals surface area contributed by atoms with E-state index < -0.39 is 0 Å². The summed E-state index contributed by atoms with van der Waals surface area (Å²) in [7, 11) is 0. The number of nitrogens with zero attached hydrogens (tertiary/aromatic N) is 2. The summed E-state index contributed by atoms with van der Waals surface area (Å²) < 4.78 is 5.94. The van der Waals surface area contributed by atoms with Crippen molar-refractivity contribution in [3.05, 3.63) is 71.4 Å². The number of ether oxygens (including phenoxy) is 1. The van der Waals surface area contributed by atoms with Gasteiger partial charge in [-0.05, 0) is 37.1 Å². The minimum atomic E-state index is -0.383. The first-order chi connectivity index (χ1) is 13.1. The third kappa shape index (κ3) is 4.31. The predicted octanol–water partition coefficient (Wildman–Crippen LogP) is 3.92. The van der Waals surface area contributed by atoms with Crippen molar-refractivity contribution in [3.63, 3.8) is 0 Å². The first-order valence-corrected chi connectivity index (χ1v) is 8.47. The third-order valence-electron chi connectivity index (χ3n) is 4.07. The summed E-state index contributed by atoms with van der Waals surface area (Å²) >= 11 is 0. The summed E-state index contributed by atoms with van der Waals surface area (Å²) in [5.74, 6) is 3.25. The highest BCUT2D eigenvalue weighted by molar-refractivity contribution is 5.96. The van der Waals surface area contributed by atoms with E-state index in [1.807, 2.05) is 62.4 Å². The zero-order valence-corrected chi connectivity index (χ0v) is 15.2. The van der Waals surface area contributed by atoms with Gasteiger partial charge in [0.15, 0.2) is 5.82 Å². The van der Waals surface area contributed by atoms with Gasteiger partial charge in [0.2, 0.25) is 5.88 Å². The molecule has 0 aliphatic carbocycles. The highest BCUT2D eigenvalue weighted by Gasteiger charge is 2.17. The second kappa shape index (κ2) is 8.15. The van der Waals surface area contributed by atoms with Gasteiger partial charge in [0.05, 0.1) is 6.54 Å². The Labute approximate surface area is 158 Å². The number of aromatic nitrogens is 2. The highest BCUT2D eigenvalue weighted by Crippen LogP contribution is 2.27. The Hall–Kier alpha value is -3.65. The lowest BCUT2D eigenvalue weighted by Crippen LogP contribution is -2.24. The SMILES string of the molecule is C#CCNC(=O)c1cnc(-c2ccccc2)nc1Oc1ccc(C)c(C)c1. The average Bonchev–Trinajstić information content (AvgIpc) is 2.69. The number of aryl methyl sites for hydroxylation is 2. The molecular weight excluding hydrogens is 338 g/mol. The van der Waals surface area contributed by atoms with Gasteiger partial charge in [-0.25, -0.2) is 4.98 Å². The van der Waals surface area contributed by atoms with Crippen LogP contribution in [0.3, 0.4) is 0 Å². The Balaban J connectivity index is 2.01. The molecule has 0 saturated carbocycles. The molecule has 3 aromatic rings. The zero-order valence-electron chi connectivity index (χ0n) is 15.2. The Morgan fingerprint density at radius 3 is 2.63 bits per heavy atom. The van der Waals surface area contributed by atoms with Crippen LogP contribution in [0.2, 0.25) is 0 Å². The Bertz CT molecular complexity index is 1010. The first-order valence-electron chi connectivity index (χ1n) is 8.47. The second-order valence-corrected chi connectivity index (χ2v) is 6.01. The predicted molar refractivity (Wildman–Crippen MR) is 105 cm³/mol. The maximum Gasteiger partial charge on any atom is 0.259 e. The number of hydrogen-bond acceptors (Lipinski definition) is 4. The Morgan fingerprint density at radius 2 is 1.93 bits per heavy atom. The smallest absolute Gasteiger partial charge is 0.259 e. The summed E-state index contributed by atoms with van der Waals surface area (Å²) in [4.78, 5) is 21.2. The van der Waals surface area contributed by atoms with Crippen LogP contribution in [0.4, 0.5) is 0 Å². The number of nitrogens with one attached hydrogen (secondary N) is 1. The van der Waals surface area contributed by atoms with Crippen molar-refractivity contribution in [1.82, 2.24) is 15.3 Å². The van der Waals surface area contributed by atoms with Gasteiger partial charge < -0.3 is 10.1 Å². The molecule has 3 rings (SSSR count). The molecule has 5 heteroatoms. The van der Waals surface area contributed by atoms with Crippen LogP contribution in [-0.2, 0) is 0 Å². The molecule has 1 heterocycles. The number of hydrogen-bond donors (Lipinski definition) is 1. The zero-order chi connectivity index (χ0) is 19.2. The van der Waals surface area contributed by atoms with E-state index in [1.165, 1.54) is 6.20 Å². The number of carbonyl (C=O) groups is 1. The molecule has 0 bridgehead atoms. The summed E-state index contributed by atoms with van der Waals surface area (Å²) in [6.07, 6.45) is 6.68. The van der Waals surface area contributed by atoms with Crippen LogP contribution in [0.25, 0.3) is 11.4 Å². The molecular formula is C22H19N3O2. The molecule has 27 heavy (non-hydrogen) atoms. The van der Waals surface area contributed by atoms with Gasteiger partial charge in [-0.15, -0.1) is 6.42 Å². The number of rotatable bonds is 5. The molecule has 0 aliphatic heterocycles. The normalized spacial score (nSPS) is 10.1. The molecule has 1 aromatic heterocycles. The minimum absolute atomic E-state index is 0.113. The maximum atomic E-state index is 12.4. The fraction of sp³-hybridized carbons (Fsp3) is 0.136. The topological polar surface area (TPSA) is 64.1 Å². The quantitative estimate of drug-likeness (QED) is 0.703. The van der Waals surface area contributed by atoms with Crippen LogP contribution < -0.4 is 10.1 Å². The summed E-state index contributed by atoms with van der Waals surface area (Å²) in [5, 5.41) is 2.62. The fourth-order valence-corrected chi connectivity index (χ4v) is 2.44. The number of benzene rings is 2. The van der Waals surface area contributed by atoms with E-state index in [1.54, 1.807) is 0 Å². The number of carbonyl (C=O) groups excluding carboxylic acids is 1. The minimum Gasteiger partial charge on any atom is -0.438 e. The van der Waals surface area contributed by atoms with Crippen molar-refractivity contribution in [3.8, 4) is 35.4 Å². The highest BCUT2D eigenvalue weighted by atomic mass is 16.5. The summed E-state index contributed by atoms with van der Waals surface area (Å²) in [5.41, 5.74) is 3.30. The van der Waals surface area contributed by atoms with Crippen LogP contribution in [0.1, 0.15) is 21.5 Å². The Kier molecular flexibility index (Phi) is 5.48. The van der Waals surface area contributed by atoms with E-state index in [4.69, 9.17) is 11.2 Å². The molecule has 1 amide bonds. The van der Waals surface area contributed by atoms with Crippen molar-refractivity contribution >= 4 is 5.91 Å². The number of terminal acetylenes is 1. The van der Waals surface area contributed by atoms with Crippen molar-refractivity contribution in [2.24, 2.45) is 0 Å². The van der Waals surface area contributed by atoms with Crippen LogP contribution in [0.15, 0.2) is 54.7 Å². The molecule has 0 saturated heterocycles. The van der Waals surface area contributed by atoms with E-state index in [2.05, 4.69) is 21.2 Å². The Morgan fingerprint density at radius 1 is 1.15 bits per heavy atom. The van der Waals surface area contributed by atoms with E-state index in [-0.39, 0.29) is 23.9 Å². The van der Waals surface area contributed by atoms with Gasteiger partial charge >= 0.3 is 0 Å². The monoisotopic (exact) mass is 357 g/mol. The summed E-state index contributed by atoms with van der Waals surface area (Å²) in [6, 6.07) is 15.2. The fourth-order valence-electron chi connectivity index (χ4n) is 2.44. The van der Waals surface area contributed by atoms with Crippen molar-refractivity contribution in [2.45, 2.75) is 13.8 Å². The van der Waals surface area contributed by atoms with E-state index in [0.29, 0.717) is 11.6 Å². The van der Waals surface area contributed by atoms with Crippen molar-refractivity contribution in [1.29, 1.82) is 0 Å². The van der Waals surface area contributed by atoms with Crippen molar-refractivity contribution in [2.75, 3.05) is 6.54 Å². The third-order valence-corrected chi connectivity index (χ3v) is 4.07. The number of amides is 1. The molecule has 0 radical (unpaired) electrons. The molecule has 0 unspecified atom stereocenters. The molecule has 0 spiro atoms. The first kappa shape index (κ1) is 18.2. The largest absolute Gasteiger partial charge is 0.438 e. The van der Waals surface area contributed by atoms with Crippen LogP contribution in [-0.4, -0.2) is 22.4 Å². The second-order valence-electron chi connectivity index (χ2n) is 6.01.